The topological polar surface area (TPSA) is 94.1 Å². The van der Waals surface area contributed by atoms with Crippen molar-refractivity contribution in [1.29, 1.82) is 0 Å². The van der Waals surface area contributed by atoms with E-state index in [-0.39, 0.29) is 11.4 Å². The summed E-state index contributed by atoms with van der Waals surface area (Å²) in [6, 6.07) is 4.76. The molecule has 3 aliphatic rings. The van der Waals surface area contributed by atoms with E-state index in [4.69, 9.17) is 14.2 Å². The van der Waals surface area contributed by atoms with Crippen molar-refractivity contribution >= 4 is 16.0 Å². The highest BCUT2D eigenvalue weighted by atomic mass is 32.2. The number of morpholine rings is 1. The van der Waals surface area contributed by atoms with Crippen LogP contribution in [0.3, 0.4) is 0 Å². The van der Waals surface area contributed by atoms with Gasteiger partial charge in [0.1, 0.15) is 13.2 Å². The predicted molar refractivity (Wildman–Crippen MR) is 104 cm³/mol. The van der Waals surface area contributed by atoms with E-state index in [1.54, 1.807) is 18.2 Å². The molecule has 0 radical (unpaired) electrons. The van der Waals surface area contributed by atoms with Crippen molar-refractivity contribution in [2.24, 2.45) is 0 Å². The second kappa shape index (κ2) is 7.43. The molecule has 154 valence electrons. The molecule has 0 bridgehead atoms. The van der Waals surface area contributed by atoms with E-state index in [1.165, 1.54) is 4.31 Å². The standard InChI is InChI=1S/C19H22N4O5S/c24-29(25,15-1-2-17-18(11-15)28-10-9-27-17)23-4-3-14-12-20-19(21-16(14)13-23)22-5-7-26-8-6-22/h1-2,11-12H,3-10,13H2. The van der Waals surface area contributed by atoms with E-state index in [1.807, 2.05) is 6.20 Å². The Morgan fingerprint density at radius 2 is 1.76 bits per heavy atom. The third-order valence-corrected chi connectivity index (χ3v) is 7.18. The first-order valence-corrected chi connectivity index (χ1v) is 11.1. The second-order valence-electron chi connectivity index (χ2n) is 7.14. The summed E-state index contributed by atoms with van der Waals surface area (Å²) in [5.74, 6) is 1.67. The summed E-state index contributed by atoms with van der Waals surface area (Å²) >= 11 is 0. The van der Waals surface area contributed by atoms with Gasteiger partial charge >= 0.3 is 0 Å². The van der Waals surface area contributed by atoms with Crippen LogP contribution in [0.1, 0.15) is 11.3 Å². The summed E-state index contributed by atoms with van der Waals surface area (Å²) in [6.07, 6.45) is 2.41. The Morgan fingerprint density at radius 1 is 0.966 bits per heavy atom. The molecule has 5 rings (SSSR count). The maximum atomic E-state index is 13.2. The molecular weight excluding hydrogens is 396 g/mol. The molecule has 29 heavy (non-hydrogen) atoms. The lowest BCUT2D eigenvalue weighted by molar-refractivity contribution is 0.122. The molecule has 10 heteroatoms. The van der Waals surface area contributed by atoms with Crippen LogP contribution in [0.4, 0.5) is 5.95 Å². The summed E-state index contributed by atoms with van der Waals surface area (Å²) in [4.78, 5) is 11.4. The van der Waals surface area contributed by atoms with Gasteiger partial charge in [0.15, 0.2) is 11.5 Å². The zero-order chi connectivity index (χ0) is 19.8. The minimum Gasteiger partial charge on any atom is -0.486 e. The Morgan fingerprint density at radius 3 is 2.59 bits per heavy atom. The Balaban J connectivity index is 1.40. The molecule has 0 saturated carbocycles. The first-order valence-electron chi connectivity index (χ1n) is 9.68. The Labute approximate surface area is 169 Å². The highest BCUT2D eigenvalue weighted by Gasteiger charge is 2.31. The molecule has 0 unspecified atom stereocenters. The zero-order valence-corrected chi connectivity index (χ0v) is 16.7. The monoisotopic (exact) mass is 418 g/mol. The van der Waals surface area contributed by atoms with Crippen LogP contribution in [0.2, 0.25) is 0 Å². The number of fused-ring (bicyclic) bond motifs is 2. The molecule has 0 amide bonds. The molecule has 0 atom stereocenters. The van der Waals surface area contributed by atoms with Crippen molar-refractivity contribution in [3.8, 4) is 11.5 Å². The van der Waals surface area contributed by atoms with Gasteiger partial charge in [-0.2, -0.15) is 4.31 Å². The number of aromatic nitrogens is 2. The molecular formula is C19H22N4O5S. The maximum Gasteiger partial charge on any atom is 0.243 e. The van der Waals surface area contributed by atoms with E-state index >= 15 is 0 Å². The lowest BCUT2D eigenvalue weighted by Crippen LogP contribution is -2.39. The van der Waals surface area contributed by atoms with Gasteiger partial charge in [0.25, 0.3) is 0 Å². The number of benzene rings is 1. The number of nitrogens with zero attached hydrogens (tertiary/aromatic N) is 4. The molecule has 0 spiro atoms. The molecule has 1 fully saturated rings. The van der Waals surface area contributed by atoms with Gasteiger partial charge in [-0.1, -0.05) is 0 Å². The van der Waals surface area contributed by atoms with Crippen molar-refractivity contribution in [3.05, 3.63) is 35.7 Å². The SMILES string of the molecule is O=S(=O)(c1ccc2c(c1)OCCO2)N1CCc2cnc(N3CCOCC3)nc2C1. The number of rotatable bonds is 3. The average molecular weight is 418 g/mol. The van der Waals surface area contributed by atoms with E-state index in [2.05, 4.69) is 14.9 Å². The van der Waals surface area contributed by atoms with Crippen LogP contribution in [0.15, 0.2) is 29.3 Å². The Hall–Kier alpha value is -2.43. The molecule has 1 saturated heterocycles. The van der Waals surface area contributed by atoms with Crippen molar-refractivity contribution in [3.63, 3.8) is 0 Å². The van der Waals surface area contributed by atoms with E-state index in [9.17, 15) is 8.42 Å². The summed E-state index contributed by atoms with van der Waals surface area (Å²) in [6.45, 7) is 4.25. The fourth-order valence-electron chi connectivity index (χ4n) is 3.72. The summed E-state index contributed by atoms with van der Waals surface area (Å²) in [7, 11) is -3.67. The van der Waals surface area contributed by atoms with Gasteiger partial charge in [-0.3, -0.25) is 0 Å². The van der Waals surface area contributed by atoms with Gasteiger partial charge in [-0.05, 0) is 24.1 Å². The molecule has 1 aromatic carbocycles. The van der Waals surface area contributed by atoms with Crippen LogP contribution in [0.5, 0.6) is 11.5 Å². The lowest BCUT2D eigenvalue weighted by atomic mass is 10.1. The van der Waals surface area contributed by atoms with Gasteiger partial charge < -0.3 is 19.1 Å². The van der Waals surface area contributed by atoms with Crippen molar-refractivity contribution in [1.82, 2.24) is 14.3 Å². The fraction of sp³-hybridized carbons (Fsp3) is 0.474. The molecule has 9 nitrogen and oxygen atoms in total. The smallest absolute Gasteiger partial charge is 0.243 e. The van der Waals surface area contributed by atoms with Crippen LogP contribution in [0.25, 0.3) is 0 Å². The third-order valence-electron chi connectivity index (χ3n) is 5.34. The maximum absolute atomic E-state index is 13.2. The number of hydrogen-bond donors (Lipinski definition) is 0. The summed E-state index contributed by atoms with van der Waals surface area (Å²) in [5.41, 5.74) is 1.75. The third kappa shape index (κ3) is 3.52. The summed E-state index contributed by atoms with van der Waals surface area (Å²) < 4.78 is 44.3. The number of ether oxygens (including phenoxy) is 3. The van der Waals surface area contributed by atoms with E-state index < -0.39 is 10.0 Å². The van der Waals surface area contributed by atoms with Crippen LogP contribution < -0.4 is 14.4 Å². The Kier molecular flexibility index (Phi) is 4.76. The quantitative estimate of drug-likeness (QED) is 0.724. The summed E-state index contributed by atoms with van der Waals surface area (Å²) in [5, 5.41) is 0. The van der Waals surface area contributed by atoms with Gasteiger partial charge in [0.05, 0.1) is 30.3 Å². The van der Waals surface area contributed by atoms with Gasteiger partial charge in [-0.15, -0.1) is 0 Å². The van der Waals surface area contributed by atoms with Crippen LogP contribution >= 0.6 is 0 Å². The highest BCUT2D eigenvalue weighted by Crippen LogP contribution is 2.34. The number of sulfonamides is 1. The molecule has 0 N–H and O–H groups in total. The van der Waals surface area contributed by atoms with E-state index in [0.717, 1.165) is 24.3 Å². The molecule has 0 aliphatic carbocycles. The minimum absolute atomic E-state index is 0.202. The first-order chi connectivity index (χ1) is 14.1. The first kappa shape index (κ1) is 18.6. The highest BCUT2D eigenvalue weighted by molar-refractivity contribution is 7.89. The Bertz CT molecular complexity index is 1020. The molecule has 2 aromatic rings. The predicted octanol–water partition coefficient (Wildman–Crippen LogP) is 0.831. The van der Waals surface area contributed by atoms with Gasteiger partial charge in [0.2, 0.25) is 16.0 Å². The second-order valence-corrected chi connectivity index (χ2v) is 9.07. The van der Waals surface area contributed by atoms with Crippen LogP contribution in [-0.4, -0.2) is 68.8 Å². The van der Waals surface area contributed by atoms with Crippen LogP contribution in [-0.2, 0) is 27.7 Å². The minimum atomic E-state index is -3.67. The van der Waals surface area contributed by atoms with Gasteiger partial charge in [0, 0.05) is 31.9 Å². The molecule has 4 heterocycles. The van der Waals surface area contributed by atoms with Gasteiger partial charge in [-0.25, -0.2) is 18.4 Å². The average Bonchev–Trinajstić information content (AvgIpc) is 2.78. The number of hydrogen-bond acceptors (Lipinski definition) is 8. The largest absolute Gasteiger partial charge is 0.486 e. The molecule has 3 aliphatic heterocycles. The molecule has 1 aromatic heterocycles. The number of anilines is 1. The normalized spacial score (nSPS) is 19.7. The van der Waals surface area contributed by atoms with E-state index in [0.29, 0.717) is 56.8 Å². The van der Waals surface area contributed by atoms with Crippen molar-refractivity contribution < 1.29 is 22.6 Å². The zero-order valence-electron chi connectivity index (χ0n) is 15.9. The van der Waals surface area contributed by atoms with Crippen LogP contribution in [0, 0.1) is 0 Å². The fourth-order valence-corrected chi connectivity index (χ4v) is 5.14. The lowest BCUT2D eigenvalue weighted by Gasteiger charge is -2.30. The van der Waals surface area contributed by atoms with Crippen molar-refractivity contribution in [2.75, 3.05) is 51.0 Å². The van der Waals surface area contributed by atoms with Crippen molar-refractivity contribution in [2.45, 2.75) is 17.9 Å².